The summed E-state index contributed by atoms with van der Waals surface area (Å²) in [6.07, 6.45) is 0. The Bertz CT molecular complexity index is 473. The summed E-state index contributed by atoms with van der Waals surface area (Å²) in [5.41, 5.74) is 0.958. The third-order valence-corrected chi connectivity index (χ3v) is 4.81. The molecular formula is C11H15ClN2O2S. The van der Waals surface area contributed by atoms with Gasteiger partial charge in [-0.15, -0.1) is 0 Å². The zero-order chi connectivity index (χ0) is 12.3. The van der Waals surface area contributed by atoms with Crippen LogP contribution in [0.25, 0.3) is 0 Å². The van der Waals surface area contributed by atoms with Gasteiger partial charge in [0.2, 0.25) is 10.0 Å². The molecule has 0 unspecified atom stereocenters. The fourth-order valence-corrected chi connectivity index (χ4v) is 3.27. The van der Waals surface area contributed by atoms with Crippen LogP contribution in [-0.4, -0.2) is 38.1 Å². The van der Waals surface area contributed by atoms with E-state index in [1.165, 1.54) is 4.31 Å². The van der Waals surface area contributed by atoms with Crippen LogP contribution in [0.5, 0.6) is 0 Å². The van der Waals surface area contributed by atoms with E-state index in [0.717, 1.165) is 5.56 Å². The van der Waals surface area contributed by atoms with Gasteiger partial charge >= 0.3 is 0 Å². The zero-order valence-electron chi connectivity index (χ0n) is 9.39. The SMILES string of the molecule is O=S1(=O)CCNCCN1Cc1ccc(Cl)cc1. The molecule has 0 spiro atoms. The van der Waals surface area contributed by atoms with Gasteiger partial charge in [0.05, 0.1) is 5.75 Å². The summed E-state index contributed by atoms with van der Waals surface area (Å²) < 4.78 is 25.4. The largest absolute Gasteiger partial charge is 0.314 e. The molecule has 1 saturated heterocycles. The number of nitrogens with one attached hydrogen (secondary N) is 1. The fraction of sp³-hybridized carbons (Fsp3) is 0.455. The second kappa shape index (κ2) is 5.35. The Kier molecular flexibility index (Phi) is 4.04. The molecule has 1 aromatic carbocycles. The van der Waals surface area contributed by atoms with Gasteiger partial charge in [-0.25, -0.2) is 8.42 Å². The summed E-state index contributed by atoms with van der Waals surface area (Å²) in [4.78, 5) is 0. The third-order valence-electron chi connectivity index (χ3n) is 2.74. The third kappa shape index (κ3) is 3.42. The molecule has 0 aromatic heterocycles. The Morgan fingerprint density at radius 2 is 1.94 bits per heavy atom. The molecule has 0 atom stereocenters. The first-order valence-electron chi connectivity index (χ1n) is 5.51. The number of halogens is 1. The van der Waals surface area contributed by atoms with Crippen molar-refractivity contribution in [3.05, 3.63) is 34.9 Å². The molecule has 0 aliphatic carbocycles. The average Bonchev–Trinajstić information content (AvgIpc) is 2.44. The first-order chi connectivity index (χ1) is 8.08. The predicted molar refractivity (Wildman–Crippen MR) is 68.5 cm³/mol. The van der Waals surface area contributed by atoms with Gasteiger partial charge in [-0.1, -0.05) is 23.7 Å². The van der Waals surface area contributed by atoms with Crippen molar-refractivity contribution in [1.29, 1.82) is 0 Å². The molecule has 6 heteroatoms. The van der Waals surface area contributed by atoms with E-state index in [1.54, 1.807) is 12.1 Å². The van der Waals surface area contributed by atoms with Crippen LogP contribution in [0, 0.1) is 0 Å². The van der Waals surface area contributed by atoms with E-state index < -0.39 is 10.0 Å². The van der Waals surface area contributed by atoms with E-state index in [1.807, 2.05) is 12.1 Å². The van der Waals surface area contributed by atoms with Gasteiger partial charge in [0.1, 0.15) is 0 Å². The Balaban J connectivity index is 2.13. The normalized spacial score (nSPS) is 21.0. The van der Waals surface area contributed by atoms with Gasteiger partial charge in [0.15, 0.2) is 0 Å². The Morgan fingerprint density at radius 1 is 1.24 bits per heavy atom. The smallest absolute Gasteiger partial charge is 0.215 e. The molecule has 94 valence electrons. The van der Waals surface area contributed by atoms with Crippen LogP contribution in [0.2, 0.25) is 5.02 Å². The maximum atomic E-state index is 11.9. The van der Waals surface area contributed by atoms with Crippen LogP contribution in [-0.2, 0) is 16.6 Å². The summed E-state index contributed by atoms with van der Waals surface area (Å²) in [6, 6.07) is 7.27. The number of nitrogens with zero attached hydrogens (tertiary/aromatic N) is 1. The lowest BCUT2D eigenvalue weighted by Gasteiger charge is -2.19. The second-order valence-electron chi connectivity index (χ2n) is 4.03. The lowest BCUT2D eigenvalue weighted by molar-refractivity contribution is 0.415. The van der Waals surface area contributed by atoms with Crippen molar-refractivity contribution in [2.24, 2.45) is 0 Å². The van der Waals surface area contributed by atoms with Crippen molar-refractivity contribution in [1.82, 2.24) is 9.62 Å². The molecule has 1 aliphatic rings. The lowest BCUT2D eigenvalue weighted by atomic mass is 10.2. The van der Waals surface area contributed by atoms with E-state index >= 15 is 0 Å². The van der Waals surface area contributed by atoms with Crippen molar-refractivity contribution >= 4 is 21.6 Å². The van der Waals surface area contributed by atoms with E-state index in [2.05, 4.69) is 5.32 Å². The minimum absolute atomic E-state index is 0.167. The van der Waals surface area contributed by atoms with Crippen molar-refractivity contribution in [2.45, 2.75) is 6.54 Å². The molecule has 0 saturated carbocycles. The molecule has 0 amide bonds. The molecule has 1 aliphatic heterocycles. The highest BCUT2D eigenvalue weighted by molar-refractivity contribution is 7.89. The number of rotatable bonds is 2. The topological polar surface area (TPSA) is 49.4 Å². The summed E-state index contributed by atoms with van der Waals surface area (Å²) in [7, 11) is -3.13. The van der Waals surface area contributed by atoms with Crippen LogP contribution in [0.4, 0.5) is 0 Å². The lowest BCUT2D eigenvalue weighted by Crippen LogP contribution is -2.33. The molecule has 2 rings (SSSR count). The van der Waals surface area contributed by atoms with Gasteiger partial charge in [-0.05, 0) is 17.7 Å². The predicted octanol–water partition coefficient (Wildman–Crippen LogP) is 1.08. The van der Waals surface area contributed by atoms with Gasteiger partial charge in [-0.3, -0.25) is 0 Å². The number of benzene rings is 1. The molecule has 17 heavy (non-hydrogen) atoms. The van der Waals surface area contributed by atoms with Crippen molar-refractivity contribution in [3.63, 3.8) is 0 Å². The molecule has 4 nitrogen and oxygen atoms in total. The summed E-state index contributed by atoms with van der Waals surface area (Å²) in [5, 5.41) is 3.75. The second-order valence-corrected chi connectivity index (χ2v) is 6.55. The van der Waals surface area contributed by atoms with Crippen LogP contribution in [0.1, 0.15) is 5.56 Å². The maximum absolute atomic E-state index is 11.9. The minimum Gasteiger partial charge on any atom is -0.314 e. The van der Waals surface area contributed by atoms with Gasteiger partial charge in [0.25, 0.3) is 0 Å². The standard InChI is InChI=1S/C11H15ClN2O2S/c12-11-3-1-10(2-4-11)9-14-7-5-13-6-8-17(14,15)16/h1-4,13H,5-9H2. The van der Waals surface area contributed by atoms with Crippen LogP contribution in [0.15, 0.2) is 24.3 Å². The molecule has 1 heterocycles. The summed E-state index contributed by atoms with van der Waals surface area (Å²) in [6.45, 7) is 2.17. The van der Waals surface area contributed by atoms with Crippen molar-refractivity contribution in [2.75, 3.05) is 25.4 Å². The molecule has 0 radical (unpaired) electrons. The number of hydrogen-bond donors (Lipinski definition) is 1. The monoisotopic (exact) mass is 274 g/mol. The van der Waals surface area contributed by atoms with Crippen LogP contribution < -0.4 is 5.32 Å². The van der Waals surface area contributed by atoms with Crippen LogP contribution in [0.3, 0.4) is 0 Å². The molecule has 0 bridgehead atoms. The van der Waals surface area contributed by atoms with E-state index in [4.69, 9.17) is 11.6 Å². The Labute approximate surface area is 107 Å². The van der Waals surface area contributed by atoms with E-state index in [0.29, 0.717) is 31.2 Å². The highest BCUT2D eigenvalue weighted by atomic mass is 35.5. The maximum Gasteiger partial charge on any atom is 0.215 e. The van der Waals surface area contributed by atoms with E-state index in [-0.39, 0.29) is 5.75 Å². The Morgan fingerprint density at radius 3 is 2.65 bits per heavy atom. The molecule has 1 aromatic rings. The Hall–Kier alpha value is -0.620. The van der Waals surface area contributed by atoms with Gasteiger partial charge in [0, 0.05) is 31.2 Å². The fourth-order valence-electron chi connectivity index (χ4n) is 1.77. The zero-order valence-corrected chi connectivity index (χ0v) is 11.0. The highest BCUT2D eigenvalue weighted by Gasteiger charge is 2.23. The van der Waals surface area contributed by atoms with Crippen molar-refractivity contribution in [3.8, 4) is 0 Å². The highest BCUT2D eigenvalue weighted by Crippen LogP contribution is 2.14. The minimum atomic E-state index is -3.13. The molecular weight excluding hydrogens is 260 g/mol. The first kappa shape index (κ1) is 12.8. The molecule has 1 N–H and O–H groups in total. The summed E-state index contributed by atoms with van der Waals surface area (Å²) in [5.74, 6) is 0.167. The number of hydrogen-bond acceptors (Lipinski definition) is 3. The van der Waals surface area contributed by atoms with Gasteiger partial charge in [-0.2, -0.15) is 4.31 Å². The van der Waals surface area contributed by atoms with Crippen LogP contribution >= 0.6 is 11.6 Å². The summed E-state index contributed by atoms with van der Waals surface area (Å²) >= 11 is 5.79. The van der Waals surface area contributed by atoms with Gasteiger partial charge < -0.3 is 5.32 Å². The molecule has 1 fully saturated rings. The first-order valence-corrected chi connectivity index (χ1v) is 7.50. The van der Waals surface area contributed by atoms with Crippen molar-refractivity contribution < 1.29 is 8.42 Å². The quantitative estimate of drug-likeness (QED) is 0.878. The average molecular weight is 275 g/mol. The number of sulfonamides is 1. The van der Waals surface area contributed by atoms with E-state index in [9.17, 15) is 8.42 Å².